The average Bonchev–Trinajstić information content (AvgIpc) is 0.811. The summed E-state index contributed by atoms with van der Waals surface area (Å²) in [6.45, 7) is 0. The summed E-state index contributed by atoms with van der Waals surface area (Å²) in [5.74, 6) is 0. The Morgan fingerprint density at radius 2 is 0.833 bits per heavy atom. The third-order valence-corrected chi connectivity index (χ3v) is 0. The average molecular weight is 152 g/mol. The summed E-state index contributed by atoms with van der Waals surface area (Å²) in [6, 6.07) is 0. The van der Waals surface area contributed by atoms with Gasteiger partial charge in [-0.15, -0.1) is 0 Å². The molecule has 0 aliphatic rings. The minimum absolute atomic E-state index is 0. The molecule has 0 aromatic carbocycles. The molecule has 0 saturated carbocycles. The van der Waals surface area contributed by atoms with Crippen LogP contribution >= 0.6 is 0 Å². The van der Waals surface area contributed by atoms with Crippen LogP contribution in [0.4, 0.5) is 10.7 Å². The van der Waals surface area contributed by atoms with Gasteiger partial charge in [-0.25, -0.2) is 0 Å². The molecule has 0 spiro atoms. The van der Waals surface area contributed by atoms with Crippen molar-refractivity contribution in [2.45, 2.75) is 0 Å². The molecule has 0 radical (unpaired) electrons. The molecule has 4 N–H and O–H groups in total. The molecule has 0 aromatic rings. The van der Waals surface area contributed by atoms with E-state index in [2.05, 4.69) is 0 Å². The van der Waals surface area contributed by atoms with E-state index in [4.69, 9.17) is 0 Å². The van der Waals surface area contributed by atoms with Crippen molar-refractivity contribution in [2.24, 2.45) is 0 Å². The molecule has 6 heavy (non-hydrogen) atoms. The maximum absolute atomic E-state index is 9.73. The van der Waals surface area contributed by atoms with Crippen LogP contribution in [0.25, 0.3) is 0 Å². The Bertz CT molecular complexity index is 13.5. The van der Waals surface area contributed by atoms with Crippen LogP contribution in [0.1, 0.15) is 0 Å². The van der Waals surface area contributed by atoms with E-state index in [1.165, 1.54) is 0 Å². The molecule has 0 fully saturated rings. The van der Waals surface area contributed by atoms with Gasteiger partial charge in [0.1, 0.15) is 0 Å². The van der Waals surface area contributed by atoms with Crippen molar-refractivity contribution < 1.29 is 36.7 Å². The second-order valence-corrected chi connectivity index (χ2v) is 0.589. The molecule has 0 unspecified atom stereocenters. The molecule has 0 aliphatic carbocycles. The predicted octanol–water partition coefficient (Wildman–Crippen LogP) is -0.391. The molecular weight excluding hydrogens is 148 g/mol. The van der Waals surface area contributed by atoms with Gasteiger partial charge in [0.25, 0.3) is 0 Å². The first-order chi connectivity index (χ1) is 1.73. The van der Waals surface area contributed by atoms with Crippen LogP contribution in [0.5, 0.6) is 0 Å². The van der Waals surface area contributed by atoms with E-state index in [1.807, 2.05) is 0 Å². The van der Waals surface area contributed by atoms with E-state index in [1.54, 1.807) is 0 Å². The first-order valence-corrected chi connectivity index (χ1v) is 1.56. The second-order valence-electron chi connectivity index (χ2n) is 0.143. The number of halogens is 3. The van der Waals surface area contributed by atoms with Gasteiger partial charge in [-0.3, -0.25) is 0 Å². The summed E-state index contributed by atoms with van der Waals surface area (Å²) in [5.41, 5.74) is 0. The zero-order valence-electron chi connectivity index (χ0n) is 2.47. The van der Waals surface area contributed by atoms with Gasteiger partial charge in [0.05, 0.1) is 0 Å². The van der Waals surface area contributed by atoms with E-state index in [9.17, 15) is 10.7 Å². The van der Waals surface area contributed by atoms with Crippen molar-refractivity contribution in [3.63, 3.8) is 0 Å². The number of hydrogen-bond acceptors (Lipinski definition) is 0. The zero-order valence-corrected chi connectivity index (χ0v) is 3.51. The van der Waals surface area contributed by atoms with Crippen LogP contribution < -0.4 is 0 Å². The Morgan fingerprint density at radius 3 is 0.833 bits per heavy atom. The standard InChI is InChI=1S/Co.3FH.2H2O/h;3*1H;2*1H2/q+3;;;;;/p-3. The first-order valence-electron chi connectivity index (χ1n) is 0.378. The topological polar surface area (TPSA) is 63.0 Å². The number of rotatable bonds is 0. The van der Waals surface area contributed by atoms with E-state index in [0.717, 1.165) is 0 Å². The normalized spacial score (nSPS) is 7.50. The van der Waals surface area contributed by atoms with Gasteiger partial charge in [-0.05, 0) is 0 Å². The third kappa shape index (κ3) is 931. The van der Waals surface area contributed by atoms with Crippen LogP contribution in [-0.2, 0) is 15.0 Å². The van der Waals surface area contributed by atoms with Gasteiger partial charge in [-0.1, -0.05) is 0 Å². The molecule has 0 bridgehead atoms. The Morgan fingerprint density at radius 1 is 0.833 bits per heavy atom. The maximum atomic E-state index is 9.73. The Labute approximate surface area is 37.7 Å². The molecule has 6 heteroatoms. The molecule has 0 atom stereocenters. The minimum atomic E-state index is -4.10. The fraction of sp³-hybridized carbons (Fsp3) is 0. The second kappa shape index (κ2) is 8.96. The van der Waals surface area contributed by atoms with Crippen LogP contribution in [0.3, 0.4) is 0 Å². The van der Waals surface area contributed by atoms with Crippen LogP contribution in [0.2, 0.25) is 0 Å². The molecule has 0 saturated heterocycles. The molecule has 2 nitrogen and oxygen atoms in total. The van der Waals surface area contributed by atoms with Crippen molar-refractivity contribution in [1.82, 2.24) is 0 Å². The molecule has 0 rings (SSSR count). The predicted molar refractivity (Wildman–Crippen MR) is 10.6 cm³/mol. The van der Waals surface area contributed by atoms with Gasteiger partial charge >= 0.3 is 25.7 Å². The quantitative estimate of drug-likeness (QED) is 0.453. The summed E-state index contributed by atoms with van der Waals surface area (Å²) in [7, 11) is 0. The van der Waals surface area contributed by atoms with Crippen LogP contribution in [0.15, 0.2) is 0 Å². The summed E-state index contributed by atoms with van der Waals surface area (Å²) in [5, 5.41) is 0. The zero-order chi connectivity index (χ0) is 3.58. The van der Waals surface area contributed by atoms with Crippen molar-refractivity contribution in [3.05, 3.63) is 0 Å². The van der Waals surface area contributed by atoms with E-state index >= 15 is 0 Å². The summed E-state index contributed by atoms with van der Waals surface area (Å²) < 4.78 is 29.2. The fourth-order valence-corrected chi connectivity index (χ4v) is 0. The van der Waals surface area contributed by atoms with Gasteiger partial charge in [0.2, 0.25) is 0 Å². The van der Waals surface area contributed by atoms with Crippen LogP contribution in [-0.4, -0.2) is 11.0 Å². The van der Waals surface area contributed by atoms with E-state index < -0.39 is 15.0 Å². The monoisotopic (exact) mass is 152 g/mol. The summed E-state index contributed by atoms with van der Waals surface area (Å²) >= 11 is -4.10. The number of hydrogen-bond donors (Lipinski definition) is 0. The van der Waals surface area contributed by atoms with Gasteiger partial charge in [0.15, 0.2) is 0 Å². The van der Waals surface area contributed by atoms with Crippen molar-refractivity contribution >= 4 is 0 Å². The Kier molecular flexibility index (Phi) is 24.4. The summed E-state index contributed by atoms with van der Waals surface area (Å²) in [4.78, 5) is 0. The van der Waals surface area contributed by atoms with E-state index in [-0.39, 0.29) is 11.0 Å². The Hall–Kier alpha value is 0.216. The van der Waals surface area contributed by atoms with E-state index in [0.29, 0.717) is 0 Å². The molecule has 46 valence electrons. The SMILES string of the molecule is O.O.[F][Co]([F])[F]. The Balaban J connectivity index is -0.0000000450. The van der Waals surface area contributed by atoms with Crippen molar-refractivity contribution in [2.75, 3.05) is 0 Å². The summed E-state index contributed by atoms with van der Waals surface area (Å²) in [6.07, 6.45) is 0. The molecule has 0 heterocycles. The third-order valence-electron chi connectivity index (χ3n) is 0. The molecule has 0 amide bonds. The molecule has 0 aromatic heterocycles. The van der Waals surface area contributed by atoms with Gasteiger partial charge in [-0.2, -0.15) is 0 Å². The van der Waals surface area contributed by atoms with Crippen LogP contribution in [0, 0.1) is 0 Å². The first kappa shape index (κ1) is 16.4. The molecular formula is H4CoF3O2. The van der Waals surface area contributed by atoms with Crippen molar-refractivity contribution in [3.8, 4) is 0 Å². The van der Waals surface area contributed by atoms with Gasteiger partial charge < -0.3 is 11.0 Å². The molecule has 0 aliphatic heterocycles. The fourth-order valence-electron chi connectivity index (χ4n) is 0. The van der Waals surface area contributed by atoms with Gasteiger partial charge in [0, 0.05) is 0 Å². The van der Waals surface area contributed by atoms with Crippen molar-refractivity contribution in [1.29, 1.82) is 0 Å².